The van der Waals surface area contributed by atoms with Gasteiger partial charge in [0.05, 0.1) is 17.3 Å². The highest BCUT2D eigenvalue weighted by Gasteiger charge is 2.52. The highest BCUT2D eigenvalue weighted by atomic mass is 16.7. The Morgan fingerprint density at radius 1 is 1.25 bits per heavy atom. The van der Waals surface area contributed by atoms with E-state index in [2.05, 4.69) is 4.98 Å². The Morgan fingerprint density at radius 3 is 2.40 bits per heavy atom. The molecular formula is C14H21BN2O3. The number of ether oxygens (including phenoxy) is 1. The first kappa shape index (κ1) is 13.7. The first-order valence-corrected chi connectivity index (χ1v) is 7.06. The van der Waals surface area contributed by atoms with Crippen molar-refractivity contribution in [1.82, 2.24) is 4.98 Å². The van der Waals surface area contributed by atoms with Crippen molar-refractivity contribution in [2.45, 2.75) is 57.8 Å². The van der Waals surface area contributed by atoms with Crippen LogP contribution in [-0.2, 0) is 9.31 Å². The maximum absolute atomic E-state index is 6.05. The second kappa shape index (κ2) is 4.36. The minimum Gasteiger partial charge on any atom is -0.491 e. The summed E-state index contributed by atoms with van der Waals surface area (Å²) in [5.41, 5.74) is 5.81. The Morgan fingerprint density at radius 2 is 1.85 bits per heavy atom. The number of aromatic nitrogens is 1. The Labute approximate surface area is 119 Å². The fourth-order valence-electron chi connectivity index (χ4n) is 2.08. The van der Waals surface area contributed by atoms with Crippen molar-refractivity contribution >= 4 is 18.4 Å². The number of nitrogen functional groups attached to an aromatic ring is 1. The first-order chi connectivity index (χ1) is 9.28. The van der Waals surface area contributed by atoms with Crippen LogP contribution in [-0.4, -0.2) is 29.4 Å². The van der Waals surface area contributed by atoms with E-state index in [0.29, 0.717) is 5.82 Å². The zero-order valence-electron chi connectivity index (χ0n) is 12.5. The molecule has 0 spiro atoms. The number of anilines is 1. The molecule has 20 heavy (non-hydrogen) atoms. The van der Waals surface area contributed by atoms with Gasteiger partial charge in [0.25, 0.3) is 0 Å². The molecule has 1 aromatic heterocycles. The standard InChI is InChI=1S/C14H21BN2O3/c1-13(2)14(3,4)20-15(19-13)10-8-17-12(16)7-11(10)18-9-5-6-9/h7-9H,5-6H2,1-4H3,(H2,16,17). The van der Waals surface area contributed by atoms with Crippen LogP contribution in [0.4, 0.5) is 5.82 Å². The van der Waals surface area contributed by atoms with Gasteiger partial charge >= 0.3 is 7.12 Å². The van der Waals surface area contributed by atoms with Crippen LogP contribution < -0.4 is 15.9 Å². The molecule has 0 unspecified atom stereocenters. The molecule has 6 heteroatoms. The summed E-state index contributed by atoms with van der Waals surface area (Å²) < 4.78 is 18.0. The molecule has 1 aromatic rings. The van der Waals surface area contributed by atoms with Gasteiger partial charge in [0.2, 0.25) is 0 Å². The number of rotatable bonds is 3. The second-order valence-electron chi connectivity index (χ2n) is 6.55. The molecule has 3 rings (SSSR count). The maximum Gasteiger partial charge on any atom is 0.500 e. The van der Waals surface area contributed by atoms with Crippen molar-refractivity contribution in [3.8, 4) is 5.75 Å². The zero-order valence-corrected chi connectivity index (χ0v) is 12.5. The summed E-state index contributed by atoms with van der Waals surface area (Å²) in [5.74, 6) is 1.17. The van der Waals surface area contributed by atoms with Gasteiger partial charge in [-0.15, -0.1) is 0 Å². The van der Waals surface area contributed by atoms with Gasteiger partial charge < -0.3 is 19.8 Å². The van der Waals surface area contributed by atoms with E-state index in [9.17, 15) is 0 Å². The van der Waals surface area contributed by atoms with E-state index in [1.54, 1.807) is 12.3 Å². The summed E-state index contributed by atoms with van der Waals surface area (Å²) in [6, 6.07) is 1.75. The fraction of sp³-hybridized carbons (Fsp3) is 0.643. The van der Waals surface area contributed by atoms with E-state index in [0.717, 1.165) is 24.1 Å². The minimum atomic E-state index is -0.471. The van der Waals surface area contributed by atoms with Crippen LogP contribution in [0.3, 0.4) is 0 Å². The van der Waals surface area contributed by atoms with Crippen LogP contribution in [0.15, 0.2) is 12.3 Å². The van der Waals surface area contributed by atoms with Gasteiger partial charge in [0.1, 0.15) is 11.6 Å². The van der Waals surface area contributed by atoms with Gasteiger partial charge in [-0.3, -0.25) is 0 Å². The van der Waals surface area contributed by atoms with Crippen molar-refractivity contribution in [3.63, 3.8) is 0 Å². The third-order valence-corrected chi connectivity index (χ3v) is 4.24. The molecule has 1 aliphatic carbocycles. The molecule has 0 aromatic carbocycles. The number of nitrogens with two attached hydrogens (primary N) is 1. The summed E-state index contributed by atoms with van der Waals surface area (Å²) in [7, 11) is -0.471. The molecule has 1 aliphatic heterocycles. The average Bonchev–Trinajstić information content (AvgIpc) is 3.07. The molecule has 0 radical (unpaired) electrons. The molecule has 1 saturated heterocycles. The van der Waals surface area contributed by atoms with Crippen molar-refractivity contribution in [1.29, 1.82) is 0 Å². The van der Waals surface area contributed by atoms with E-state index in [1.807, 2.05) is 27.7 Å². The predicted octanol–water partition coefficient (Wildman–Crippen LogP) is 1.50. The highest BCUT2D eigenvalue weighted by molar-refractivity contribution is 6.63. The van der Waals surface area contributed by atoms with E-state index in [4.69, 9.17) is 19.8 Å². The van der Waals surface area contributed by atoms with Crippen molar-refractivity contribution in [3.05, 3.63) is 12.3 Å². The van der Waals surface area contributed by atoms with Crippen LogP contribution in [0.2, 0.25) is 0 Å². The van der Waals surface area contributed by atoms with Gasteiger partial charge in [-0.25, -0.2) is 4.98 Å². The van der Waals surface area contributed by atoms with Gasteiger partial charge in [0, 0.05) is 17.7 Å². The molecule has 108 valence electrons. The molecule has 0 atom stereocenters. The highest BCUT2D eigenvalue weighted by Crippen LogP contribution is 2.37. The molecule has 2 fully saturated rings. The summed E-state index contributed by atoms with van der Waals surface area (Å²) in [6.07, 6.45) is 4.16. The van der Waals surface area contributed by atoms with Gasteiger partial charge in [-0.05, 0) is 40.5 Å². The minimum absolute atomic E-state index is 0.290. The van der Waals surface area contributed by atoms with Crippen LogP contribution >= 0.6 is 0 Å². The number of nitrogens with zero attached hydrogens (tertiary/aromatic N) is 1. The lowest BCUT2D eigenvalue weighted by Crippen LogP contribution is -2.41. The number of pyridine rings is 1. The Balaban J connectivity index is 1.90. The van der Waals surface area contributed by atoms with Crippen LogP contribution in [0, 0.1) is 0 Å². The van der Waals surface area contributed by atoms with Gasteiger partial charge in [-0.2, -0.15) is 0 Å². The smallest absolute Gasteiger partial charge is 0.491 e. The molecule has 2 N–H and O–H groups in total. The average molecular weight is 276 g/mol. The first-order valence-electron chi connectivity index (χ1n) is 7.06. The van der Waals surface area contributed by atoms with Crippen molar-refractivity contribution in [2.24, 2.45) is 0 Å². The zero-order chi connectivity index (χ0) is 14.5. The molecule has 2 aliphatic rings. The molecular weight excluding hydrogens is 255 g/mol. The summed E-state index contributed by atoms with van der Waals surface area (Å²) >= 11 is 0. The maximum atomic E-state index is 6.05. The van der Waals surface area contributed by atoms with E-state index in [1.165, 1.54) is 0 Å². The molecule has 5 nitrogen and oxygen atoms in total. The molecule has 0 amide bonds. The van der Waals surface area contributed by atoms with E-state index in [-0.39, 0.29) is 17.3 Å². The fourth-order valence-corrected chi connectivity index (χ4v) is 2.08. The lowest BCUT2D eigenvalue weighted by Gasteiger charge is -2.32. The largest absolute Gasteiger partial charge is 0.500 e. The second-order valence-corrected chi connectivity index (χ2v) is 6.55. The Kier molecular flexibility index (Phi) is 2.99. The van der Waals surface area contributed by atoms with Crippen molar-refractivity contribution < 1.29 is 14.0 Å². The van der Waals surface area contributed by atoms with Gasteiger partial charge in [0.15, 0.2) is 0 Å². The van der Waals surface area contributed by atoms with Crippen LogP contribution in [0.5, 0.6) is 5.75 Å². The third kappa shape index (κ3) is 2.38. The third-order valence-electron chi connectivity index (χ3n) is 4.24. The normalized spacial score (nSPS) is 23.9. The molecule has 1 saturated carbocycles. The Hall–Kier alpha value is -1.27. The SMILES string of the molecule is CC1(C)OB(c2cnc(N)cc2OC2CC2)OC1(C)C. The molecule has 2 heterocycles. The summed E-state index contributed by atoms with van der Waals surface area (Å²) in [5, 5.41) is 0. The number of hydrogen-bond acceptors (Lipinski definition) is 5. The van der Waals surface area contributed by atoms with Crippen LogP contribution in [0.25, 0.3) is 0 Å². The topological polar surface area (TPSA) is 66.6 Å². The lowest BCUT2D eigenvalue weighted by molar-refractivity contribution is 0.00578. The predicted molar refractivity (Wildman–Crippen MR) is 78.0 cm³/mol. The van der Waals surface area contributed by atoms with Gasteiger partial charge in [-0.1, -0.05) is 0 Å². The Bertz CT molecular complexity index is 513. The summed E-state index contributed by atoms with van der Waals surface area (Å²) in [4.78, 5) is 4.15. The monoisotopic (exact) mass is 276 g/mol. The van der Waals surface area contributed by atoms with E-state index < -0.39 is 7.12 Å². The quantitative estimate of drug-likeness (QED) is 0.847. The van der Waals surface area contributed by atoms with Crippen LogP contribution in [0.1, 0.15) is 40.5 Å². The number of hydrogen-bond donors (Lipinski definition) is 1. The van der Waals surface area contributed by atoms with Crippen molar-refractivity contribution in [2.75, 3.05) is 5.73 Å². The summed E-state index contributed by atoms with van der Waals surface area (Å²) in [6.45, 7) is 8.11. The van der Waals surface area contributed by atoms with E-state index >= 15 is 0 Å². The lowest BCUT2D eigenvalue weighted by atomic mass is 9.79. The molecule has 0 bridgehead atoms.